The van der Waals surface area contributed by atoms with Gasteiger partial charge in [-0.05, 0) is 55.7 Å². The monoisotopic (exact) mass is 335 g/mol. The summed E-state index contributed by atoms with van der Waals surface area (Å²) in [5, 5.41) is 4.09. The van der Waals surface area contributed by atoms with Gasteiger partial charge in [-0.1, -0.05) is 5.16 Å². The molecule has 0 unspecified atom stereocenters. The summed E-state index contributed by atoms with van der Waals surface area (Å²) < 4.78 is 5.36. The number of aromatic nitrogens is 3. The van der Waals surface area contributed by atoms with Crippen LogP contribution in [0.3, 0.4) is 0 Å². The summed E-state index contributed by atoms with van der Waals surface area (Å²) in [5.41, 5.74) is 9.36. The topological polar surface area (TPSA) is 81.1 Å². The fourth-order valence-electron chi connectivity index (χ4n) is 3.11. The molecule has 0 amide bonds. The van der Waals surface area contributed by atoms with Crippen molar-refractivity contribution in [1.29, 1.82) is 0 Å². The molecule has 0 aliphatic carbocycles. The Bertz CT molecular complexity index is 820. The van der Waals surface area contributed by atoms with Gasteiger partial charge in [0, 0.05) is 30.0 Å². The lowest BCUT2D eigenvalue weighted by Crippen LogP contribution is -2.29. The summed E-state index contributed by atoms with van der Waals surface area (Å²) in [4.78, 5) is 11.2. The van der Waals surface area contributed by atoms with Crippen molar-refractivity contribution in [1.82, 2.24) is 15.1 Å². The number of pyridine rings is 1. The van der Waals surface area contributed by atoms with Gasteiger partial charge in [0.05, 0.1) is 18.3 Å². The molecule has 0 bridgehead atoms. The first kappa shape index (κ1) is 15.6. The number of nitrogens with zero attached hydrogens (tertiary/aromatic N) is 4. The third-order valence-corrected chi connectivity index (χ3v) is 4.49. The van der Waals surface area contributed by atoms with Crippen molar-refractivity contribution in [2.24, 2.45) is 0 Å². The van der Waals surface area contributed by atoms with E-state index in [0.29, 0.717) is 23.8 Å². The van der Waals surface area contributed by atoms with Crippen LogP contribution >= 0.6 is 0 Å². The molecule has 1 aromatic carbocycles. The van der Waals surface area contributed by atoms with Crippen LogP contribution in [-0.4, -0.2) is 28.2 Å². The Kier molecular flexibility index (Phi) is 4.33. The van der Waals surface area contributed by atoms with E-state index in [2.05, 4.69) is 44.3 Å². The van der Waals surface area contributed by atoms with Crippen LogP contribution in [0.15, 0.2) is 47.1 Å². The molecule has 4 rings (SSSR count). The zero-order valence-corrected chi connectivity index (χ0v) is 14.1. The summed E-state index contributed by atoms with van der Waals surface area (Å²) in [6.45, 7) is 2.28. The number of piperidine rings is 1. The number of anilines is 2. The first-order valence-electron chi connectivity index (χ1n) is 8.66. The highest BCUT2D eigenvalue weighted by atomic mass is 16.5. The van der Waals surface area contributed by atoms with Crippen molar-refractivity contribution in [3.8, 4) is 11.4 Å². The number of nitrogen functional groups attached to an aromatic ring is 1. The van der Waals surface area contributed by atoms with Crippen LogP contribution in [-0.2, 0) is 6.42 Å². The van der Waals surface area contributed by atoms with E-state index < -0.39 is 0 Å². The molecule has 6 nitrogen and oxygen atoms in total. The van der Waals surface area contributed by atoms with Crippen LogP contribution in [0.2, 0.25) is 0 Å². The van der Waals surface area contributed by atoms with Gasteiger partial charge < -0.3 is 15.2 Å². The second-order valence-corrected chi connectivity index (χ2v) is 6.37. The van der Waals surface area contributed by atoms with Crippen molar-refractivity contribution in [3.05, 3.63) is 54.2 Å². The van der Waals surface area contributed by atoms with E-state index >= 15 is 0 Å². The van der Waals surface area contributed by atoms with Crippen LogP contribution in [0.25, 0.3) is 11.4 Å². The van der Waals surface area contributed by atoms with E-state index in [1.54, 1.807) is 6.20 Å². The van der Waals surface area contributed by atoms with Gasteiger partial charge in [0.15, 0.2) is 0 Å². The third kappa shape index (κ3) is 3.63. The standard InChI is InChI=1S/C19H21N5O/c20-15-6-7-16(21-13-15)12-18-22-19(23-25-18)14-4-8-17(9-5-14)24-10-2-1-3-11-24/h4-9,13H,1-3,10-12,20H2. The molecule has 0 atom stereocenters. The van der Waals surface area contributed by atoms with Gasteiger partial charge in [-0.3, -0.25) is 4.98 Å². The van der Waals surface area contributed by atoms with Crippen LogP contribution in [0.5, 0.6) is 0 Å². The molecule has 3 aromatic rings. The second-order valence-electron chi connectivity index (χ2n) is 6.37. The van der Waals surface area contributed by atoms with Crippen molar-refractivity contribution < 1.29 is 4.52 Å². The van der Waals surface area contributed by atoms with Gasteiger partial charge in [-0.25, -0.2) is 0 Å². The van der Waals surface area contributed by atoms with Gasteiger partial charge in [0.2, 0.25) is 11.7 Å². The highest BCUT2D eigenvalue weighted by Gasteiger charge is 2.13. The Morgan fingerprint density at radius 3 is 2.52 bits per heavy atom. The van der Waals surface area contributed by atoms with Gasteiger partial charge in [0.25, 0.3) is 0 Å². The molecule has 2 N–H and O–H groups in total. The molecule has 1 saturated heterocycles. The van der Waals surface area contributed by atoms with Gasteiger partial charge in [0.1, 0.15) is 0 Å². The van der Waals surface area contributed by atoms with Crippen molar-refractivity contribution in [3.63, 3.8) is 0 Å². The number of nitrogens with two attached hydrogens (primary N) is 1. The maximum atomic E-state index is 5.65. The molecule has 1 aliphatic rings. The van der Waals surface area contributed by atoms with Crippen LogP contribution in [0, 0.1) is 0 Å². The van der Waals surface area contributed by atoms with Crippen LogP contribution < -0.4 is 10.6 Å². The normalized spacial score (nSPS) is 14.6. The molecule has 1 fully saturated rings. The molecule has 0 spiro atoms. The minimum atomic E-state index is 0.499. The molecule has 3 heterocycles. The largest absolute Gasteiger partial charge is 0.397 e. The fourth-order valence-corrected chi connectivity index (χ4v) is 3.11. The van der Waals surface area contributed by atoms with E-state index in [1.807, 2.05) is 12.1 Å². The zero-order valence-electron chi connectivity index (χ0n) is 14.1. The van der Waals surface area contributed by atoms with E-state index in [9.17, 15) is 0 Å². The summed E-state index contributed by atoms with van der Waals surface area (Å²) in [7, 11) is 0. The first-order chi connectivity index (χ1) is 12.3. The Morgan fingerprint density at radius 1 is 1.00 bits per heavy atom. The molecular weight excluding hydrogens is 314 g/mol. The molecule has 0 saturated carbocycles. The first-order valence-corrected chi connectivity index (χ1v) is 8.66. The molecule has 25 heavy (non-hydrogen) atoms. The van der Waals surface area contributed by atoms with Gasteiger partial charge in [-0.2, -0.15) is 4.98 Å². The van der Waals surface area contributed by atoms with E-state index in [0.717, 1.165) is 24.3 Å². The fraction of sp³-hybridized carbons (Fsp3) is 0.316. The molecule has 1 aliphatic heterocycles. The number of hydrogen-bond donors (Lipinski definition) is 1. The highest BCUT2D eigenvalue weighted by Crippen LogP contribution is 2.24. The molecule has 2 aromatic heterocycles. The van der Waals surface area contributed by atoms with Crippen LogP contribution in [0.1, 0.15) is 30.8 Å². The molecule has 0 radical (unpaired) electrons. The average Bonchev–Trinajstić information content (AvgIpc) is 3.13. The van der Waals surface area contributed by atoms with E-state index in [1.165, 1.54) is 24.9 Å². The Hall–Kier alpha value is -2.89. The molecular formula is C19H21N5O. The summed E-state index contributed by atoms with van der Waals surface area (Å²) in [6, 6.07) is 12.1. The lowest BCUT2D eigenvalue weighted by Gasteiger charge is -2.28. The van der Waals surface area contributed by atoms with Crippen molar-refractivity contribution in [2.75, 3.05) is 23.7 Å². The smallest absolute Gasteiger partial charge is 0.232 e. The zero-order chi connectivity index (χ0) is 17.1. The summed E-state index contributed by atoms with van der Waals surface area (Å²) >= 11 is 0. The Morgan fingerprint density at radius 2 is 1.80 bits per heavy atom. The third-order valence-electron chi connectivity index (χ3n) is 4.49. The van der Waals surface area contributed by atoms with Crippen molar-refractivity contribution >= 4 is 11.4 Å². The number of benzene rings is 1. The maximum Gasteiger partial charge on any atom is 0.232 e. The minimum Gasteiger partial charge on any atom is -0.397 e. The Labute approximate surface area is 146 Å². The van der Waals surface area contributed by atoms with Crippen LogP contribution in [0.4, 0.5) is 11.4 Å². The summed E-state index contributed by atoms with van der Waals surface area (Å²) in [5.74, 6) is 1.16. The summed E-state index contributed by atoms with van der Waals surface area (Å²) in [6.07, 6.45) is 6.01. The van der Waals surface area contributed by atoms with Crippen molar-refractivity contribution in [2.45, 2.75) is 25.7 Å². The SMILES string of the molecule is Nc1ccc(Cc2nc(-c3ccc(N4CCCCC4)cc3)no2)nc1. The average molecular weight is 335 g/mol. The number of hydrogen-bond acceptors (Lipinski definition) is 6. The van der Waals surface area contributed by atoms with Gasteiger partial charge >= 0.3 is 0 Å². The van der Waals surface area contributed by atoms with E-state index in [4.69, 9.17) is 10.3 Å². The highest BCUT2D eigenvalue weighted by molar-refractivity contribution is 5.60. The number of rotatable bonds is 4. The molecule has 128 valence electrons. The Balaban J connectivity index is 1.46. The predicted octanol–water partition coefficient (Wildman–Crippen LogP) is 3.29. The minimum absolute atomic E-state index is 0.499. The second kappa shape index (κ2) is 6.93. The molecule has 6 heteroatoms. The maximum absolute atomic E-state index is 5.65. The lowest BCUT2D eigenvalue weighted by molar-refractivity contribution is 0.385. The lowest BCUT2D eigenvalue weighted by atomic mass is 10.1. The quantitative estimate of drug-likeness (QED) is 0.788. The van der Waals surface area contributed by atoms with E-state index in [-0.39, 0.29) is 0 Å². The van der Waals surface area contributed by atoms with Gasteiger partial charge in [-0.15, -0.1) is 0 Å². The predicted molar refractivity (Wildman–Crippen MR) is 97.3 cm³/mol.